The second-order valence-electron chi connectivity index (χ2n) is 36.9. The van der Waals surface area contributed by atoms with Crippen LogP contribution in [0.25, 0.3) is 32.7 Å². The molecule has 0 bridgehead atoms. The first-order valence-corrected chi connectivity index (χ1v) is 50.6. The van der Waals surface area contributed by atoms with E-state index in [-0.39, 0.29) is 136 Å². The molecule has 796 valence electrons. The lowest BCUT2D eigenvalue weighted by Crippen LogP contribution is -2.65. The number of benzene rings is 3. The highest BCUT2D eigenvalue weighted by molar-refractivity contribution is 8.76. The summed E-state index contributed by atoms with van der Waals surface area (Å²) >= 11 is 0. The molecule has 147 heavy (non-hydrogen) atoms. The summed E-state index contributed by atoms with van der Waals surface area (Å²) in [5.41, 5.74) is 18.4. The van der Waals surface area contributed by atoms with Crippen molar-refractivity contribution in [2.75, 3.05) is 103 Å². The van der Waals surface area contributed by atoms with Crippen LogP contribution in [-0.2, 0) is 122 Å². The number of carboxylic acids is 4. The van der Waals surface area contributed by atoms with Crippen molar-refractivity contribution in [1.82, 2.24) is 113 Å². The van der Waals surface area contributed by atoms with E-state index in [0.29, 0.717) is 90.2 Å². The van der Waals surface area contributed by atoms with E-state index in [0.717, 1.165) is 6.92 Å². The summed E-state index contributed by atoms with van der Waals surface area (Å²) in [6.07, 6.45) is 2.06. The average molecular weight is 2090 g/mol. The quantitative estimate of drug-likeness (QED) is 0.0127. The number of aliphatic hydroxyl groups excluding tert-OH is 1. The molecule has 7 aromatic rings. The Morgan fingerprint density at radius 1 is 0.510 bits per heavy atom. The van der Waals surface area contributed by atoms with Gasteiger partial charge in [0.25, 0.3) is 0 Å². The number of nitrogens with one attached hydrogen (secondary N) is 16. The van der Waals surface area contributed by atoms with Gasteiger partial charge in [-0.05, 0) is 80.3 Å². The van der Waals surface area contributed by atoms with Gasteiger partial charge in [0.05, 0.1) is 63.6 Å². The van der Waals surface area contributed by atoms with E-state index in [1.165, 1.54) is 37.5 Å². The molecule has 0 aliphatic carbocycles. The van der Waals surface area contributed by atoms with Crippen molar-refractivity contribution >= 4 is 173 Å². The molecule has 3 aliphatic heterocycles. The summed E-state index contributed by atoms with van der Waals surface area (Å²) in [5.74, 6) is -24.8. The first-order valence-electron chi connectivity index (χ1n) is 48.1. The van der Waals surface area contributed by atoms with Gasteiger partial charge in [-0.2, -0.15) is 0 Å². The number of rotatable bonds is 42. The SMILES string of the molecule is CC[C@H](C)[C@H](NC(=O)[C@@H](NC(=O)[C@H](Cc1c[nH]c2ccccc12)NC(=O)CCCCCNC(=O)CN1CCN(CC(=O)O)CCN(CC(=O)O)CCN(CC(=O)O)CC1)[C@@H](C)O)C(=O)N[C@H]1CSSC[C@@H](C(=O)N[C@@H](Cc2c[nH]c3ccccc23)C(=O)N2CCC[C@H]2C(N)=O)NC(=O)[C@H](CC(=O)O)NC(=O)[C@H](Cc2c[nH]cn2)NC(=O)[C@](C)(Cc2c[nH]c3ccccc23)NC(=O)[C@H](CC(N)=O)NC(=O)[C@H](CC(N)=O)NC1=O. The molecule has 3 aliphatic rings. The number of imidazole rings is 1. The van der Waals surface area contributed by atoms with Crippen LogP contribution in [0, 0.1) is 5.92 Å². The molecule has 0 unspecified atom stereocenters. The summed E-state index contributed by atoms with van der Waals surface area (Å²) in [4.78, 5) is 307. The van der Waals surface area contributed by atoms with Crippen molar-refractivity contribution < 1.29 is 121 Å². The van der Waals surface area contributed by atoms with Gasteiger partial charge < -0.3 is 131 Å². The van der Waals surface area contributed by atoms with Crippen LogP contribution in [0.3, 0.4) is 0 Å². The molecule has 4 aromatic heterocycles. The number of hydrogen-bond acceptors (Lipinski definition) is 28. The van der Waals surface area contributed by atoms with Crippen LogP contribution in [0.4, 0.5) is 0 Å². The molecule has 3 saturated heterocycles. The van der Waals surface area contributed by atoms with Crippen molar-refractivity contribution in [3.63, 3.8) is 0 Å². The topological polar surface area (TPSA) is 757 Å². The molecule has 0 radical (unpaired) electrons. The maximum Gasteiger partial charge on any atom is 0.317 e. The van der Waals surface area contributed by atoms with Crippen molar-refractivity contribution in [3.05, 3.63) is 126 Å². The second-order valence-corrected chi connectivity index (χ2v) is 39.5. The molecule has 14 atom stereocenters. The van der Waals surface area contributed by atoms with Crippen LogP contribution < -0.4 is 81.0 Å². The molecule has 50 nitrogen and oxygen atoms in total. The predicted octanol–water partition coefficient (Wildman–Crippen LogP) is -4.48. The Hall–Kier alpha value is -14.6. The highest BCUT2D eigenvalue weighted by Gasteiger charge is 2.45. The summed E-state index contributed by atoms with van der Waals surface area (Å²) in [5, 5.41) is 83.6. The van der Waals surface area contributed by atoms with Gasteiger partial charge in [0.15, 0.2) is 0 Å². The van der Waals surface area contributed by atoms with Crippen LogP contribution in [0.5, 0.6) is 0 Å². The van der Waals surface area contributed by atoms with E-state index in [1.54, 1.807) is 112 Å². The molecule has 0 spiro atoms. The first-order chi connectivity index (χ1) is 70.0. The molecule has 27 N–H and O–H groups in total. The number of hydrogen-bond donors (Lipinski definition) is 24. The highest BCUT2D eigenvalue weighted by atomic mass is 33.1. The number of aliphatic hydroxyl groups is 1. The van der Waals surface area contributed by atoms with Crippen LogP contribution >= 0.6 is 21.6 Å². The normalized spacial score (nSPS) is 21.3. The maximum atomic E-state index is 15.5. The highest BCUT2D eigenvalue weighted by Crippen LogP contribution is 2.29. The fourth-order valence-corrected chi connectivity index (χ4v) is 19.8. The predicted molar refractivity (Wildman–Crippen MR) is 534 cm³/mol. The maximum absolute atomic E-state index is 15.5. The van der Waals surface area contributed by atoms with Gasteiger partial charge in [-0.1, -0.05) is 103 Å². The Labute approximate surface area is 851 Å². The molecule has 52 heteroatoms. The number of nitrogens with two attached hydrogens (primary N) is 3. The minimum absolute atomic E-state index is 0.0183. The third-order valence-corrected chi connectivity index (χ3v) is 28.0. The van der Waals surface area contributed by atoms with E-state index in [4.69, 9.17) is 17.2 Å². The fourth-order valence-electron chi connectivity index (χ4n) is 17.5. The van der Waals surface area contributed by atoms with E-state index in [2.05, 4.69) is 88.7 Å². The standard InChI is InChI=1S/C95H129N25O25S2/c1-5-52(2)81(113-92(143)82(53(3)121)114-87(138)64(34-54-41-101-61-19-11-8-16-58(54)61)105-75(124)23-7-6-14-24-100-76(125)45-116-26-28-117(46-78(128)129)30-32-119(48-80(132)133)33-31-118(29-27-116)47-79(130)131)91(142)111-71-50-147-146-49-70(89(140)109-69(93(144)120-25-15-22-72(120)83(98)134)35-55-42-102-62-20-12-9-17-59(55)62)110-86(137)68(39-77(126)127)108-84(135)65(36-57-44-99-51-104-57)112-94(145)95(4,40-56-43-103-63-21-13-10-18-60(56)63)115-90(141)67(38-74(97)123)107-85(136)66(37-73(96)122)106-88(71)139/h8-13,16-21,41-44,51-53,64-72,81-82,101-103,121H,5-7,14-15,22-40,45-50H2,1-4H3,(H2,96,122)(H2,97,123)(H2,98,134)(H,99,104)(H,100,125)(H,105,124)(H,106,139)(H,107,136)(H,108,135)(H,109,140)(H,110,137)(H,111,142)(H,112,145)(H,113,143)(H,114,138)(H,115,141)(H,126,127)(H,128,129)(H,130,131)(H,132,133)/t52-,53+,64-,65-,66-,67-,68-,69-,70-,71-,72-,81-,82-,95-/m0/s1. The monoisotopic (exact) mass is 2080 g/mol. The van der Waals surface area contributed by atoms with E-state index in [1.807, 2.05) is 0 Å². The number of fused-ring (bicyclic) bond motifs is 3. The molecule has 7 heterocycles. The lowest BCUT2D eigenvalue weighted by atomic mass is 9.90. The van der Waals surface area contributed by atoms with Gasteiger partial charge in [-0.3, -0.25) is 115 Å². The Morgan fingerprint density at radius 2 is 1.00 bits per heavy atom. The zero-order valence-corrected chi connectivity index (χ0v) is 83.3. The minimum atomic E-state index is -2.30. The Bertz CT molecular complexity index is 5850. The summed E-state index contributed by atoms with van der Waals surface area (Å²) in [7, 11) is 1.37. The lowest BCUT2D eigenvalue weighted by Gasteiger charge is -2.33. The molecule has 0 saturated carbocycles. The number of carbonyl (C=O) groups is 20. The van der Waals surface area contributed by atoms with Crippen molar-refractivity contribution in [3.8, 4) is 0 Å². The number of para-hydroxylation sites is 3. The number of likely N-dealkylation sites (tertiary alicyclic amines) is 1. The molecular weight excluding hydrogens is 1960 g/mol. The summed E-state index contributed by atoms with van der Waals surface area (Å²) in [6, 6.07) is 0.761. The third kappa shape index (κ3) is 34.5. The van der Waals surface area contributed by atoms with E-state index < -0.39 is 246 Å². The number of amides is 16. The number of aromatic nitrogens is 5. The van der Waals surface area contributed by atoms with Gasteiger partial charge in [0, 0.05) is 167 Å². The Balaban J connectivity index is 0.922. The Kier molecular flexibility index (Phi) is 42.8. The number of unbranched alkanes of at least 4 members (excludes halogenated alkanes) is 2. The zero-order valence-electron chi connectivity index (χ0n) is 81.7. The van der Waals surface area contributed by atoms with Gasteiger partial charge in [-0.15, -0.1) is 0 Å². The number of H-pyrrole nitrogens is 4. The molecule has 16 amide bonds. The fraction of sp³-hybridized carbons (Fsp3) is 0.505. The molecule has 10 rings (SSSR count). The second kappa shape index (κ2) is 55.1. The van der Waals surface area contributed by atoms with Gasteiger partial charge in [0.2, 0.25) is 94.5 Å². The summed E-state index contributed by atoms with van der Waals surface area (Å²) in [6.45, 7) is 5.90. The zero-order chi connectivity index (χ0) is 107. The van der Waals surface area contributed by atoms with Gasteiger partial charge in [-0.25, -0.2) is 4.98 Å². The van der Waals surface area contributed by atoms with Crippen LogP contribution in [0.15, 0.2) is 104 Å². The van der Waals surface area contributed by atoms with Crippen molar-refractivity contribution in [2.24, 2.45) is 23.1 Å². The first kappa shape index (κ1) is 114. The molecule has 3 fully saturated rings. The molecular formula is C95H129N25O25S2. The number of aliphatic carboxylic acids is 4. The van der Waals surface area contributed by atoms with E-state index in [9.17, 15) is 73.5 Å². The smallest absolute Gasteiger partial charge is 0.317 e. The summed E-state index contributed by atoms with van der Waals surface area (Å²) < 4.78 is 0. The van der Waals surface area contributed by atoms with Crippen molar-refractivity contribution in [2.45, 2.75) is 196 Å². The number of aromatic amines is 4. The lowest BCUT2D eigenvalue weighted by molar-refractivity contribution is -0.142. The Morgan fingerprint density at radius 3 is 1.52 bits per heavy atom. The third-order valence-electron chi connectivity index (χ3n) is 25.6. The van der Waals surface area contributed by atoms with E-state index >= 15 is 47.9 Å². The number of primary amides is 3. The molecule has 3 aromatic carbocycles. The number of carbonyl (C=O) groups excluding carboxylic acids is 16. The van der Waals surface area contributed by atoms with Crippen LogP contribution in [0.1, 0.15) is 114 Å². The van der Waals surface area contributed by atoms with Gasteiger partial charge in [0.1, 0.15) is 72.0 Å². The number of carboxylic acid groups (broad SMARTS) is 4. The largest absolute Gasteiger partial charge is 0.481 e. The average Bonchev–Trinajstić information content (AvgIpc) is 1.70. The van der Waals surface area contributed by atoms with Gasteiger partial charge >= 0.3 is 23.9 Å². The number of nitrogens with zero attached hydrogens (tertiary/aromatic N) is 6. The van der Waals surface area contributed by atoms with Crippen molar-refractivity contribution in [1.29, 1.82) is 0 Å². The van der Waals surface area contributed by atoms with Crippen LogP contribution in [0.2, 0.25) is 0 Å². The minimum Gasteiger partial charge on any atom is -0.481 e. The van der Waals surface area contributed by atoms with Crippen LogP contribution in [-0.4, -0.2) is 375 Å².